The van der Waals surface area contributed by atoms with Gasteiger partial charge in [0.05, 0.1) is 11.6 Å². The number of piperidine rings is 2. The van der Waals surface area contributed by atoms with E-state index in [0.717, 1.165) is 39.0 Å². The zero-order chi connectivity index (χ0) is 19.6. The van der Waals surface area contributed by atoms with E-state index in [-0.39, 0.29) is 5.91 Å². The molecule has 0 N–H and O–H groups in total. The quantitative estimate of drug-likeness (QED) is 0.802. The van der Waals surface area contributed by atoms with Gasteiger partial charge >= 0.3 is 0 Å². The number of amides is 1. The summed E-state index contributed by atoms with van der Waals surface area (Å²) in [5, 5.41) is 8.93. The van der Waals surface area contributed by atoms with Crippen molar-refractivity contribution in [3.63, 3.8) is 0 Å². The van der Waals surface area contributed by atoms with Crippen molar-refractivity contribution in [1.29, 1.82) is 5.26 Å². The molecule has 2 heterocycles. The molecule has 4 nitrogen and oxygen atoms in total. The minimum absolute atomic E-state index is 0.0862. The number of likely N-dealkylation sites (N-methyl/N-ethyl adjacent to an activating group) is 1. The molecule has 0 aliphatic carbocycles. The second-order valence-electron chi connectivity index (χ2n) is 8.49. The van der Waals surface area contributed by atoms with E-state index in [9.17, 15) is 4.79 Å². The van der Waals surface area contributed by atoms with Crippen LogP contribution in [0.4, 0.5) is 0 Å². The average molecular weight is 374 g/mol. The van der Waals surface area contributed by atoms with Crippen molar-refractivity contribution in [1.82, 2.24) is 9.80 Å². The van der Waals surface area contributed by atoms with Crippen molar-refractivity contribution in [3.05, 3.63) is 71.3 Å². The maximum Gasteiger partial charge on any atom is 0.253 e. The number of nitriles is 1. The molecular weight excluding hydrogens is 346 g/mol. The first-order valence-corrected chi connectivity index (χ1v) is 10.1. The van der Waals surface area contributed by atoms with Crippen LogP contribution in [0.3, 0.4) is 0 Å². The van der Waals surface area contributed by atoms with Crippen LogP contribution in [-0.4, -0.2) is 48.9 Å². The van der Waals surface area contributed by atoms with Crippen molar-refractivity contribution in [3.8, 4) is 6.07 Å². The lowest BCUT2D eigenvalue weighted by Gasteiger charge is -2.49. The Labute approximate surface area is 167 Å². The van der Waals surface area contributed by atoms with Gasteiger partial charge in [-0.2, -0.15) is 5.26 Å². The molecule has 4 heteroatoms. The molecule has 2 aromatic rings. The van der Waals surface area contributed by atoms with Gasteiger partial charge in [-0.1, -0.05) is 30.3 Å². The monoisotopic (exact) mass is 373 g/mol. The predicted octanol–water partition coefficient (Wildman–Crippen LogP) is 3.90. The molecule has 0 unspecified atom stereocenters. The predicted molar refractivity (Wildman–Crippen MR) is 110 cm³/mol. The van der Waals surface area contributed by atoms with Crippen molar-refractivity contribution in [2.45, 2.75) is 25.2 Å². The Morgan fingerprint density at radius 2 is 1.75 bits per heavy atom. The average Bonchev–Trinajstić information content (AvgIpc) is 2.74. The smallest absolute Gasteiger partial charge is 0.253 e. The third-order valence-electron chi connectivity index (χ3n) is 6.46. The van der Waals surface area contributed by atoms with Crippen molar-refractivity contribution < 1.29 is 4.79 Å². The maximum atomic E-state index is 12.9. The molecule has 1 atom stereocenters. The Morgan fingerprint density at radius 3 is 2.39 bits per heavy atom. The van der Waals surface area contributed by atoms with E-state index in [1.54, 1.807) is 24.3 Å². The Bertz CT molecular complexity index is 861. The standard InChI is InChI=1S/C24H27N3O/c1-26-17-22(20-5-3-2-4-6-20)15-24(18-26)11-13-27(14-12-24)23(28)21-9-7-19(16-25)8-10-21/h2-10,22H,11-15,17-18H2,1H3/t22-/m1/s1. The molecule has 0 aromatic heterocycles. The van der Waals surface area contributed by atoms with Gasteiger partial charge in [0.1, 0.15) is 0 Å². The zero-order valence-electron chi connectivity index (χ0n) is 16.5. The van der Waals surface area contributed by atoms with Crippen LogP contribution in [0, 0.1) is 16.7 Å². The fourth-order valence-electron chi connectivity index (χ4n) is 5.03. The van der Waals surface area contributed by atoms with Gasteiger partial charge in [0, 0.05) is 31.7 Å². The van der Waals surface area contributed by atoms with Crippen LogP contribution in [-0.2, 0) is 0 Å². The summed E-state index contributed by atoms with van der Waals surface area (Å²) in [6, 6.07) is 19.9. The van der Waals surface area contributed by atoms with Gasteiger partial charge in [-0.05, 0) is 67.5 Å². The number of carbonyl (C=O) groups is 1. The highest BCUT2D eigenvalue weighted by atomic mass is 16.2. The molecule has 144 valence electrons. The summed E-state index contributed by atoms with van der Waals surface area (Å²) in [6.45, 7) is 3.86. The fraction of sp³-hybridized carbons (Fsp3) is 0.417. The molecule has 4 rings (SSSR count). The van der Waals surface area contributed by atoms with Crippen LogP contribution in [0.2, 0.25) is 0 Å². The minimum atomic E-state index is 0.0862. The zero-order valence-corrected chi connectivity index (χ0v) is 16.5. The van der Waals surface area contributed by atoms with Crippen LogP contribution >= 0.6 is 0 Å². The summed E-state index contributed by atoms with van der Waals surface area (Å²) in [7, 11) is 2.23. The van der Waals surface area contributed by atoms with Gasteiger partial charge in [0.25, 0.3) is 5.91 Å². The van der Waals surface area contributed by atoms with Crippen LogP contribution in [0.25, 0.3) is 0 Å². The Hall–Kier alpha value is -2.64. The molecule has 0 radical (unpaired) electrons. The van der Waals surface area contributed by atoms with Crippen LogP contribution < -0.4 is 0 Å². The third kappa shape index (κ3) is 3.81. The number of benzene rings is 2. The SMILES string of the molecule is CN1C[C@H](c2ccccc2)CC2(CCN(C(=O)c3ccc(C#N)cc3)CC2)C1. The van der Waals surface area contributed by atoms with E-state index in [4.69, 9.17) is 5.26 Å². The molecular formula is C24H27N3O. The highest BCUT2D eigenvalue weighted by molar-refractivity contribution is 5.94. The Morgan fingerprint density at radius 1 is 1.07 bits per heavy atom. The molecule has 2 aliphatic heterocycles. The number of carbonyl (C=O) groups excluding carboxylic acids is 1. The summed E-state index contributed by atoms with van der Waals surface area (Å²) >= 11 is 0. The molecule has 0 bridgehead atoms. The normalized spacial score (nSPS) is 22.0. The van der Waals surface area contributed by atoms with Gasteiger partial charge in [0.2, 0.25) is 0 Å². The first-order valence-electron chi connectivity index (χ1n) is 10.1. The first-order chi connectivity index (χ1) is 13.6. The number of rotatable bonds is 2. The Balaban J connectivity index is 1.43. The fourth-order valence-corrected chi connectivity index (χ4v) is 5.03. The summed E-state index contributed by atoms with van der Waals surface area (Å²) in [6.07, 6.45) is 3.33. The van der Waals surface area contributed by atoms with Gasteiger partial charge in [-0.25, -0.2) is 0 Å². The minimum Gasteiger partial charge on any atom is -0.339 e. The van der Waals surface area contributed by atoms with Crippen LogP contribution in [0.1, 0.15) is 46.7 Å². The topological polar surface area (TPSA) is 47.3 Å². The maximum absolute atomic E-state index is 12.9. The largest absolute Gasteiger partial charge is 0.339 e. The number of likely N-dealkylation sites (tertiary alicyclic amines) is 2. The van der Waals surface area contributed by atoms with Crippen LogP contribution in [0.15, 0.2) is 54.6 Å². The lowest BCUT2D eigenvalue weighted by Crippen LogP contribution is -2.51. The van der Waals surface area contributed by atoms with E-state index in [2.05, 4.69) is 48.3 Å². The number of hydrogen-bond donors (Lipinski definition) is 0. The second-order valence-corrected chi connectivity index (χ2v) is 8.49. The Kier molecular flexibility index (Phi) is 5.19. The number of hydrogen-bond acceptors (Lipinski definition) is 3. The summed E-state index contributed by atoms with van der Waals surface area (Å²) < 4.78 is 0. The van der Waals surface area contributed by atoms with E-state index >= 15 is 0 Å². The highest BCUT2D eigenvalue weighted by Crippen LogP contribution is 2.44. The van der Waals surface area contributed by atoms with E-state index in [1.807, 2.05) is 4.90 Å². The first kappa shape index (κ1) is 18.7. The van der Waals surface area contributed by atoms with Crippen molar-refractivity contribution in [2.75, 3.05) is 33.2 Å². The summed E-state index contributed by atoms with van der Waals surface area (Å²) in [5.41, 5.74) is 3.00. The molecule has 2 fully saturated rings. The van der Waals surface area contributed by atoms with Crippen molar-refractivity contribution >= 4 is 5.91 Å². The van der Waals surface area contributed by atoms with Crippen molar-refractivity contribution in [2.24, 2.45) is 5.41 Å². The lowest BCUT2D eigenvalue weighted by molar-refractivity contribution is 0.0224. The molecule has 1 amide bonds. The molecule has 28 heavy (non-hydrogen) atoms. The summed E-state index contributed by atoms with van der Waals surface area (Å²) in [5.74, 6) is 0.656. The molecule has 1 spiro atoms. The van der Waals surface area contributed by atoms with E-state index in [1.165, 1.54) is 12.0 Å². The van der Waals surface area contributed by atoms with Gasteiger partial charge in [0.15, 0.2) is 0 Å². The highest BCUT2D eigenvalue weighted by Gasteiger charge is 2.42. The molecule has 2 aliphatic rings. The van der Waals surface area contributed by atoms with Gasteiger partial charge in [-0.3, -0.25) is 4.79 Å². The van der Waals surface area contributed by atoms with Gasteiger partial charge in [-0.15, -0.1) is 0 Å². The molecule has 0 saturated carbocycles. The third-order valence-corrected chi connectivity index (χ3v) is 6.46. The van der Waals surface area contributed by atoms with Gasteiger partial charge < -0.3 is 9.80 Å². The molecule has 2 saturated heterocycles. The van der Waals surface area contributed by atoms with E-state index < -0.39 is 0 Å². The van der Waals surface area contributed by atoms with Crippen LogP contribution in [0.5, 0.6) is 0 Å². The summed E-state index contributed by atoms with van der Waals surface area (Å²) in [4.78, 5) is 17.3. The molecule has 2 aromatic carbocycles. The van der Waals surface area contributed by atoms with E-state index in [0.29, 0.717) is 22.5 Å². The lowest BCUT2D eigenvalue weighted by atomic mass is 9.68. The second kappa shape index (κ2) is 7.77. The number of nitrogens with zero attached hydrogens (tertiary/aromatic N) is 3.